The van der Waals surface area contributed by atoms with E-state index in [0.717, 1.165) is 52.2 Å². The molecular weight excluding hydrogens is 321 g/mol. The van der Waals surface area contributed by atoms with E-state index in [2.05, 4.69) is 16.8 Å². The van der Waals surface area contributed by atoms with Gasteiger partial charge in [-0.25, -0.2) is 4.39 Å². The van der Waals surface area contributed by atoms with E-state index < -0.39 is 5.82 Å². The Balaban J connectivity index is 1.59. The van der Waals surface area contributed by atoms with Crippen LogP contribution in [0.3, 0.4) is 0 Å². The highest BCUT2D eigenvalue weighted by Crippen LogP contribution is 2.23. The Bertz CT molecular complexity index is 602. The molecule has 138 valence electrons. The quantitative estimate of drug-likeness (QED) is 0.832. The van der Waals surface area contributed by atoms with Gasteiger partial charge in [-0.1, -0.05) is 0 Å². The predicted octanol–water partition coefficient (Wildman–Crippen LogP) is 1.93. The molecule has 2 aliphatic heterocycles. The average Bonchev–Trinajstić information content (AvgIpc) is 2.64. The Kier molecular flexibility index (Phi) is 5.91. The van der Waals surface area contributed by atoms with Crippen molar-refractivity contribution < 1.29 is 13.9 Å². The van der Waals surface area contributed by atoms with Gasteiger partial charge in [0.1, 0.15) is 0 Å². The number of carbonyl (C=O) groups excluding carboxylic acids is 1. The Morgan fingerprint density at radius 3 is 2.72 bits per heavy atom. The monoisotopic (exact) mass is 349 g/mol. The predicted molar refractivity (Wildman–Crippen MR) is 95.5 cm³/mol. The number of hydrogen-bond donors (Lipinski definition) is 0. The Morgan fingerprint density at radius 1 is 1.24 bits per heavy atom. The summed E-state index contributed by atoms with van der Waals surface area (Å²) in [6.45, 7) is 7.06. The molecule has 0 N–H and O–H groups in total. The van der Waals surface area contributed by atoms with Gasteiger partial charge in [-0.05, 0) is 44.0 Å². The minimum absolute atomic E-state index is 0.0265. The third kappa shape index (κ3) is 4.50. The van der Waals surface area contributed by atoms with Gasteiger partial charge in [-0.15, -0.1) is 0 Å². The molecule has 0 radical (unpaired) electrons. The number of likely N-dealkylation sites (N-methyl/N-ethyl adjacent to an activating group) is 1. The van der Waals surface area contributed by atoms with E-state index in [-0.39, 0.29) is 11.7 Å². The molecule has 0 saturated carbocycles. The summed E-state index contributed by atoms with van der Waals surface area (Å²) in [4.78, 5) is 19.6. The molecule has 0 aromatic heterocycles. The number of piperazine rings is 1. The molecule has 6 heteroatoms. The molecule has 0 spiro atoms. The van der Waals surface area contributed by atoms with E-state index in [1.54, 1.807) is 6.07 Å². The van der Waals surface area contributed by atoms with Gasteiger partial charge in [0.05, 0.1) is 7.11 Å². The van der Waals surface area contributed by atoms with Crippen LogP contribution in [0, 0.1) is 11.7 Å². The summed E-state index contributed by atoms with van der Waals surface area (Å²) in [6.07, 6.45) is 2.20. The topological polar surface area (TPSA) is 36.0 Å². The second-order valence-corrected chi connectivity index (χ2v) is 7.21. The third-order valence-electron chi connectivity index (χ3n) is 5.32. The van der Waals surface area contributed by atoms with Crippen molar-refractivity contribution in [1.82, 2.24) is 14.7 Å². The first-order chi connectivity index (χ1) is 12.1. The number of ether oxygens (including phenoxy) is 1. The minimum Gasteiger partial charge on any atom is -0.494 e. The lowest BCUT2D eigenvalue weighted by Crippen LogP contribution is -2.49. The van der Waals surface area contributed by atoms with Gasteiger partial charge in [-0.2, -0.15) is 0 Å². The number of rotatable bonds is 4. The third-order valence-corrected chi connectivity index (χ3v) is 5.32. The molecule has 3 rings (SSSR count). The van der Waals surface area contributed by atoms with Crippen LogP contribution in [0.2, 0.25) is 0 Å². The smallest absolute Gasteiger partial charge is 0.254 e. The molecule has 2 saturated heterocycles. The van der Waals surface area contributed by atoms with Crippen LogP contribution in [0.1, 0.15) is 23.2 Å². The first kappa shape index (κ1) is 18.1. The van der Waals surface area contributed by atoms with Crippen LogP contribution in [0.15, 0.2) is 18.2 Å². The summed E-state index contributed by atoms with van der Waals surface area (Å²) in [5, 5.41) is 0. The molecule has 0 bridgehead atoms. The standard InChI is InChI=1S/C19H28FN3O2/c1-21-8-10-22(11-9-21)13-15-4-3-7-23(14-15)19(24)16-5-6-17(20)18(12-16)25-2/h5-6,12,15H,3-4,7-11,13-14H2,1-2H3. The summed E-state index contributed by atoms with van der Waals surface area (Å²) >= 11 is 0. The lowest BCUT2D eigenvalue weighted by Gasteiger charge is -2.38. The van der Waals surface area contributed by atoms with Crippen LogP contribution < -0.4 is 4.74 Å². The fourth-order valence-electron chi connectivity index (χ4n) is 3.77. The number of carbonyl (C=O) groups is 1. The number of likely N-dealkylation sites (tertiary alicyclic amines) is 1. The zero-order valence-corrected chi connectivity index (χ0v) is 15.2. The Hall–Kier alpha value is -1.66. The summed E-state index contributed by atoms with van der Waals surface area (Å²) < 4.78 is 18.6. The molecule has 1 aromatic rings. The van der Waals surface area contributed by atoms with Crippen molar-refractivity contribution in [3.8, 4) is 5.75 Å². The summed E-state index contributed by atoms with van der Waals surface area (Å²) in [7, 11) is 3.58. The number of halogens is 1. The highest BCUT2D eigenvalue weighted by Gasteiger charge is 2.27. The molecule has 1 aromatic carbocycles. The van der Waals surface area contributed by atoms with E-state index >= 15 is 0 Å². The molecule has 1 atom stereocenters. The van der Waals surface area contributed by atoms with Crippen LogP contribution in [-0.2, 0) is 0 Å². The first-order valence-electron chi connectivity index (χ1n) is 9.10. The molecule has 25 heavy (non-hydrogen) atoms. The van der Waals surface area contributed by atoms with Crippen LogP contribution in [0.4, 0.5) is 4.39 Å². The van der Waals surface area contributed by atoms with Crippen LogP contribution >= 0.6 is 0 Å². The van der Waals surface area contributed by atoms with Crippen molar-refractivity contribution in [3.63, 3.8) is 0 Å². The number of nitrogens with zero attached hydrogens (tertiary/aromatic N) is 3. The SMILES string of the molecule is COc1cc(C(=O)N2CCCC(CN3CCN(C)CC3)C2)ccc1F. The van der Waals surface area contributed by atoms with E-state index in [0.29, 0.717) is 11.5 Å². The molecular formula is C19H28FN3O2. The van der Waals surface area contributed by atoms with Gasteiger partial charge < -0.3 is 19.4 Å². The van der Waals surface area contributed by atoms with Crippen LogP contribution in [0.5, 0.6) is 5.75 Å². The number of piperidine rings is 1. The normalized spacial score (nSPS) is 22.8. The van der Waals surface area contributed by atoms with Crippen molar-refractivity contribution in [3.05, 3.63) is 29.6 Å². The maximum atomic E-state index is 13.6. The first-order valence-corrected chi connectivity index (χ1v) is 9.10. The lowest BCUT2D eigenvalue weighted by molar-refractivity contribution is 0.0609. The van der Waals surface area contributed by atoms with Crippen molar-refractivity contribution in [2.45, 2.75) is 12.8 Å². The zero-order valence-electron chi connectivity index (χ0n) is 15.2. The molecule has 2 aliphatic rings. The minimum atomic E-state index is -0.439. The Morgan fingerprint density at radius 2 is 2.00 bits per heavy atom. The number of benzene rings is 1. The van der Waals surface area contributed by atoms with Gasteiger partial charge >= 0.3 is 0 Å². The molecule has 2 heterocycles. The van der Waals surface area contributed by atoms with E-state index in [4.69, 9.17) is 4.74 Å². The van der Waals surface area contributed by atoms with Crippen molar-refractivity contribution in [2.24, 2.45) is 5.92 Å². The van der Waals surface area contributed by atoms with Crippen LogP contribution in [0.25, 0.3) is 0 Å². The molecule has 1 amide bonds. The molecule has 2 fully saturated rings. The maximum Gasteiger partial charge on any atom is 0.254 e. The second kappa shape index (κ2) is 8.15. The summed E-state index contributed by atoms with van der Waals surface area (Å²) in [5.74, 6) is 0.173. The lowest BCUT2D eigenvalue weighted by atomic mass is 9.96. The maximum absolute atomic E-state index is 13.6. The summed E-state index contributed by atoms with van der Waals surface area (Å²) in [6, 6.07) is 4.35. The average molecular weight is 349 g/mol. The van der Waals surface area contributed by atoms with Gasteiger partial charge in [-0.3, -0.25) is 4.79 Å². The van der Waals surface area contributed by atoms with Crippen LogP contribution in [-0.4, -0.2) is 80.6 Å². The Labute approximate surface area is 149 Å². The number of methoxy groups -OCH3 is 1. The highest BCUT2D eigenvalue weighted by atomic mass is 19.1. The van der Waals surface area contributed by atoms with E-state index in [9.17, 15) is 9.18 Å². The largest absolute Gasteiger partial charge is 0.494 e. The van der Waals surface area contributed by atoms with Gasteiger partial charge in [0.15, 0.2) is 11.6 Å². The van der Waals surface area contributed by atoms with Crippen molar-refractivity contribution in [2.75, 3.05) is 60.0 Å². The second-order valence-electron chi connectivity index (χ2n) is 7.21. The number of amides is 1. The summed E-state index contributed by atoms with van der Waals surface area (Å²) in [5.41, 5.74) is 0.499. The van der Waals surface area contributed by atoms with Gasteiger partial charge in [0.2, 0.25) is 0 Å². The highest BCUT2D eigenvalue weighted by molar-refractivity contribution is 5.94. The van der Waals surface area contributed by atoms with Crippen molar-refractivity contribution >= 4 is 5.91 Å². The zero-order chi connectivity index (χ0) is 17.8. The molecule has 5 nitrogen and oxygen atoms in total. The van der Waals surface area contributed by atoms with Gasteiger partial charge in [0, 0.05) is 51.4 Å². The molecule has 1 unspecified atom stereocenters. The van der Waals surface area contributed by atoms with Crippen molar-refractivity contribution in [1.29, 1.82) is 0 Å². The number of hydrogen-bond acceptors (Lipinski definition) is 4. The fourth-order valence-corrected chi connectivity index (χ4v) is 3.77. The van der Waals surface area contributed by atoms with E-state index in [1.165, 1.54) is 25.7 Å². The van der Waals surface area contributed by atoms with Gasteiger partial charge in [0.25, 0.3) is 5.91 Å². The molecule has 0 aliphatic carbocycles. The fraction of sp³-hybridized carbons (Fsp3) is 0.632. The van der Waals surface area contributed by atoms with E-state index in [1.807, 2.05) is 4.90 Å².